The van der Waals surface area contributed by atoms with Crippen molar-refractivity contribution in [1.82, 2.24) is 4.31 Å². The summed E-state index contributed by atoms with van der Waals surface area (Å²) >= 11 is 0. The molecule has 1 aromatic carbocycles. The van der Waals surface area contributed by atoms with Crippen LogP contribution < -0.4 is 5.73 Å². The summed E-state index contributed by atoms with van der Waals surface area (Å²) in [6.45, 7) is 2.54. The highest BCUT2D eigenvalue weighted by atomic mass is 32.2. The Kier molecular flexibility index (Phi) is 3.70. The van der Waals surface area contributed by atoms with E-state index in [2.05, 4.69) is 6.92 Å². The quantitative estimate of drug-likeness (QED) is 0.503. The summed E-state index contributed by atoms with van der Waals surface area (Å²) < 4.78 is 26.0. The van der Waals surface area contributed by atoms with Crippen LogP contribution in [0.15, 0.2) is 23.1 Å². The Morgan fingerprint density at radius 3 is 2.55 bits per heavy atom. The Morgan fingerprint density at radius 2 is 2.10 bits per heavy atom. The van der Waals surface area contributed by atoms with E-state index in [1.54, 1.807) is 0 Å². The summed E-state index contributed by atoms with van der Waals surface area (Å²) in [7, 11) is -2.14. The molecule has 0 aliphatic heterocycles. The monoisotopic (exact) mass is 299 g/mol. The van der Waals surface area contributed by atoms with Crippen LogP contribution >= 0.6 is 0 Å². The summed E-state index contributed by atoms with van der Waals surface area (Å²) in [5.74, 6) is 0.944. The van der Waals surface area contributed by atoms with E-state index in [4.69, 9.17) is 5.73 Å². The van der Waals surface area contributed by atoms with Crippen LogP contribution in [0.3, 0.4) is 0 Å². The molecule has 0 bridgehead atoms. The molecule has 2 rings (SSSR count). The first-order valence-electron chi connectivity index (χ1n) is 6.23. The van der Waals surface area contributed by atoms with Crippen LogP contribution in [-0.4, -0.2) is 31.2 Å². The van der Waals surface area contributed by atoms with Gasteiger partial charge in [-0.05, 0) is 30.4 Å². The number of hydrogen-bond acceptors (Lipinski definition) is 5. The molecular weight excluding hydrogens is 282 g/mol. The number of sulfonamides is 1. The Morgan fingerprint density at radius 1 is 1.50 bits per heavy atom. The number of nitro benzene ring substituents is 1. The molecule has 0 aromatic heterocycles. The zero-order valence-electron chi connectivity index (χ0n) is 11.3. The number of nitrogens with zero attached hydrogens (tertiary/aromatic N) is 2. The van der Waals surface area contributed by atoms with Crippen LogP contribution in [0, 0.1) is 22.0 Å². The molecule has 2 atom stereocenters. The van der Waals surface area contributed by atoms with Crippen molar-refractivity contribution < 1.29 is 13.3 Å². The molecule has 1 aromatic rings. The largest absolute Gasteiger partial charge is 0.393 e. The van der Waals surface area contributed by atoms with Gasteiger partial charge < -0.3 is 5.73 Å². The predicted molar refractivity (Wildman–Crippen MR) is 74.6 cm³/mol. The van der Waals surface area contributed by atoms with Crippen molar-refractivity contribution in [3.05, 3.63) is 28.3 Å². The van der Waals surface area contributed by atoms with Crippen LogP contribution in [0.4, 0.5) is 11.4 Å². The van der Waals surface area contributed by atoms with E-state index >= 15 is 0 Å². The van der Waals surface area contributed by atoms with E-state index in [-0.39, 0.29) is 16.3 Å². The highest BCUT2D eigenvalue weighted by molar-refractivity contribution is 7.89. The molecule has 0 spiro atoms. The van der Waals surface area contributed by atoms with Gasteiger partial charge in [-0.15, -0.1) is 0 Å². The van der Waals surface area contributed by atoms with E-state index in [9.17, 15) is 18.5 Å². The van der Waals surface area contributed by atoms with Crippen molar-refractivity contribution in [2.24, 2.45) is 11.8 Å². The molecule has 0 amide bonds. The summed E-state index contributed by atoms with van der Waals surface area (Å²) in [4.78, 5) is 10.0. The van der Waals surface area contributed by atoms with Crippen molar-refractivity contribution in [1.29, 1.82) is 0 Å². The lowest BCUT2D eigenvalue weighted by atomic mass is 10.3. The van der Waals surface area contributed by atoms with Gasteiger partial charge in [0.25, 0.3) is 5.69 Å². The first kappa shape index (κ1) is 14.7. The van der Waals surface area contributed by atoms with Gasteiger partial charge in [-0.3, -0.25) is 10.1 Å². The topological polar surface area (TPSA) is 107 Å². The molecule has 1 saturated carbocycles. The minimum Gasteiger partial charge on any atom is -0.393 e. The number of benzene rings is 1. The number of hydrogen-bond donors (Lipinski definition) is 1. The normalized spacial score (nSPS) is 21.9. The van der Waals surface area contributed by atoms with E-state index in [0.717, 1.165) is 18.6 Å². The Hall–Kier alpha value is -1.67. The van der Waals surface area contributed by atoms with Gasteiger partial charge in [0, 0.05) is 19.7 Å². The molecule has 20 heavy (non-hydrogen) atoms. The molecule has 2 unspecified atom stereocenters. The van der Waals surface area contributed by atoms with E-state index < -0.39 is 14.9 Å². The number of rotatable bonds is 5. The maximum Gasteiger partial charge on any atom is 0.292 e. The average molecular weight is 299 g/mol. The standard InChI is InChI=1S/C12H17N3O4S/c1-8-5-9(8)7-14(2)20(18,19)10-3-4-12(15(16)17)11(13)6-10/h3-4,6,8-9H,5,7,13H2,1-2H3. The van der Waals surface area contributed by atoms with E-state index in [1.807, 2.05) is 0 Å². The zero-order valence-corrected chi connectivity index (χ0v) is 12.1. The third-order valence-electron chi connectivity index (χ3n) is 3.67. The van der Waals surface area contributed by atoms with Gasteiger partial charge in [-0.1, -0.05) is 6.92 Å². The third-order valence-corrected chi connectivity index (χ3v) is 5.49. The highest BCUT2D eigenvalue weighted by Gasteiger charge is 2.36. The zero-order chi connectivity index (χ0) is 15.1. The van der Waals surface area contributed by atoms with Crippen LogP contribution in [-0.2, 0) is 10.0 Å². The minimum atomic E-state index is -3.65. The second kappa shape index (κ2) is 5.02. The van der Waals surface area contributed by atoms with Crippen molar-refractivity contribution >= 4 is 21.4 Å². The molecule has 0 heterocycles. The van der Waals surface area contributed by atoms with Crippen LogP contribution in [0.2, 0.25) is 0 Å². The molecule has 7 nitrogen and oxygen atoms in total. The molecular formula is C12H17N3O4S. The predicted octanol–water partition coefficient (Wildman–Crippen LogP) is 1.45. The molecule has 0 radical (unpaired) electrons. The van der Waals surface area contributed by atoms with Crippen molar-refractivity contribution in [3.63, 3.8) is 0 Å². The fraction of sp³-hybridized carbons (Fsp3) is 0.500. The molecule has 0 saturated heterocycles. The summed E-state index contributed by atoms with van der Waals surface area (Å²) in [5, 5.41) is 10.7. The lowest BCUT2D eigenvalue weighted by Crippen LogP contribution is -2.29. The van der Waals surface area contributed by atoms with Gasteiger partial charge in [0.05, 0.1) is 9.82 Å². The van der Waals surface area contributed by atoms with Gasteiger partial charge in [-0.2, -0.15) is 0 Å². The second-order valence-electron chi connectivity index (χ2n) is 5.24. The first-order valence-corrected chi connectivity index (χ1v) is 7.67. The van der Waals surface area contributed by atoms with Crippen molar-refractivity contribution in [2.75, 3.05) is 19.3 Å². The van der Waals surface area contributed by atoms with Gasteiger partial charge >= 0.3 is 0 Å². The van der Waals surface area contributed by atoms with E-state index in [0.29, 0.717) is 18.4 Å². The lowest BCUT2D eigenvalue weighted by molar-refractivity contribution is -0.383. The lowest BCUT2D eigenvalue weighted by Gasteiger charge is -2.17. The Bertz CT molecular complexity index is 644. The maximum absolute atomic E-state index is 12.3. The first-order chi connectivity index (χ1) is 9.23. The molecule has 2 N–H and O–H groups in total. The Labute approximate surface area is 117 Å². The van der Waals surface area contributed by atoms with Crippen LogP contribution in [0.5, 0.6) is 0 Å². The SMILES string of the molecule is CC1CC1CN(C)S(=O)(=O)c1ccc([N+](=O)[O-])c(N)c1. The Balaban J connectivity index is 2.25. The molecule has 8 heteroatoms. The van der Waals surface area contributed by atoms with Crippen molar-refractivity contribution in [2.45, 2.75) is 18.2 Å². The second-order valence-corrected chi connectivity index (χ2v) is 7.28. The number of nitro groups is 1. The fourth-order valence-electron chi connectivity index (χ4n) is 2.12. The molecule has 110 valence electrons. The van der Waals surface area contributed by atoms with E-state index in [1.165, 1.54) is 17.4 Å². The smallest absolute Gasteiger partial charge is 0.292 e. The number of nitrogens with two attached hydrogens (primary N) is 1. The van der Waals surface area contributed by atoms with Gasteiger partial charge in [-0.25, -0.2) is 12.7 Å². The van der Waals surface area contributed by atoms with Crippen LogP contribution in [0.1, 0.15) is 13.3 Å². The summed E-state index contributed by atoms with van der Waals surface area (Å²) in [6.07, 6.45) is 1.03. The number of anilines is 1. The summed E-state index contributed by atoms with van der Waals surface area (Å²) in [5.41, 5.74) is 5.09. The van der Waals surface area contributed by atoms with Crippen molar-refractivity contribution in [3.8, 4) is 0 Å². The van der Waals surface area contributed by atoms with Gasteiger partial charge in [0.15, 0.2) is 0 Å². The average Bonchev–Trinajstić information content (AvgIpc) is 3.04. The summed E-state index contributed by atoms with van der Waals surface area (Å²) in [6, 6.07) is 3.48. The number of nitrogen functional groups attached to an aromatic ring is 1. The van der Waals surface area contributed by atoms with Gasteiger partial charge in [0.1, 0.15) is 5.69 Å². The minimum absolute atomic E-state index is 0.0172. The molecule has 1 fully saturated rings. The molecule has 1 aliphatic carbocycles. The molecule has 1 aliphatic rings. The van der Waals surface area contributed by atoms with Gasteiger partial charge in [0.2, 0.25) is 10.0 Å². The maximum atomic E-state index is 12.3. The van der Waals surface area contributed by atoms with Crippen LogP contribution in [0.25, 0.3) is 0 Å². The highest BCUT2D eigenvalue weighted by Crippen LogP contribution is 2.39. The third kappa shape index (κ3) is 2.75. The fourth-order valence-corrected chi connectivity index (χ4v) is 3.38.